The first-order chi connectivity index (χ1) is 14.6. The standard InChI is InChI=1S/C24H20ClNO4/c1-15-4-2-3-5-19(15)30-23-22(17-8-11-20-21(12-17)29-14-28-20)26(24(23)27)13-16-6-9-18(25)10-7-16/h2-12,22-23H,13-14H2,1H3. The predicted octanol–water partition coefficient (Wildman–Crippen LogP) is 4.91. The summed E-state index contributed by atoms with van der Waals surface area (Å²) in [6, 6.07) is 20.8. The van der Waals surface area contributed by atoms with Crippen LogP contribution in [0.15, 0.2) is 66.7 Å². The lowest BCUT2D eigenvalue weighted by atomic mass is 9.89. The maximum absolute atomic E-state index is 13.1. The second-order valence-electron chi connectivity index (χ2n) is 7.45. The Bertz CT molecular complexity index is 1100. The lowest BCUT2D eigenvalue weighted by Gasteiger charge is -2.47. The molecule has 2 unspecified atom stereocenters. The van der Waals surface area contributed by atoms with Gasteiger partial charge in [0.25, 0.3) is 5.91 Å². The van der Waals surface area contributed by atoms with Crippen molar-refractivity contribution in [3.63, 3.8) is 0 Å². The lowest BCUT2D eigenvalue weighted by Crippen LogP contribution is -2.60. The highest BCUT2D eigenvalue weighted by Gasteiger charge is 2.50. The Kier molecular flexibility index (Phi) is 4.75. The zero-order valence-corrected chi connectivity index (χ0v) is 17.1. The highest BCUT2D eigenvalue weighted by atomic mass is 35.5. The van der Waals surface area contributed by atoms with Crippen molar-refractivity contribution < 1.29 is 19.0 Å². The molecule has 2 heterocycles. The summed E-state index contributed by atoms with van der Waals surface area (Å²) in [5, 5.41) is 0.668. The van der Waals surface area contributed by atoms with E-state index in [-0.39, 0.29) is 18.7 Å². The van der Waals surface area contributed by atoms with Crippen LogP contribution in [-0.2, 0) is 11.3 Å². The number of hydrogen-bond donors (Lipinski definition) is 0. The number of aryl methyl sites for hydroxylation is 1. The Morgan fingerprint density at radius 1 is 1.03 bits per heavy atom. The third kappa shape index (κ3) is 3.35. The molecule has 0 saturated carbocycles. The van der Waals surface area contributed by atoms with Crippen LogP contribution in [0, 0.1) is 6.92 Å². The van der Waals surface area contributed by atoms with E-state index in [1.54, 1.807) is 0 Å². The number of para-hydroxylation sites is 1. The molecule has 5 rings (SSSR count). The van der Waals surface area contributed by atoms with Crippen LogP contribution in [0.25, 0.3) is 0 Å². The molecular formula is C24H20ClNO4. The fraction of sp³-hybridized carbons (Fsp3) is 0.208. The van der Waals surface area contributed by atoms with Crippen molar-refractivity contribution in [3.05, 3.63) is 88.4 Å². The van der Waals surface area contributed by atoms with E-state index in [2.05, 4.69) is 0 Å². The number of benzene rings is 3. The SMILES string of the molecule is Cc1ccccc1OC1C(=O)N(Cc2ccc(Cl)cc2)C1c1ccc2c(c1)OCO2. The molecule has 0 aromatic heterocycles. The van der Waals surface area contributed by atoms with Gasteiger partial charge in [0.05, 0.1) is 0 Å². The molecule has 6 heteroatoms. The Morgan fingerprint density at radius 2 is 1.80 bits per heavy atom. The number of amides is 1. The maximum Gasteiger partial charge on any atom is 0.267 e. The molecule has 2 atom stereocenters. The molecule has 0 N–H and O–H groups in total. The fourth-order valence-electron chi connectivity index (χ4n) is 3.87. The van der Waals surface area contributed by atoms with Gasteiger partial charge in [-0.05, 0) is 53.9 Å². The van der Waals surface area contributed by atoms with Gasteiger partial charge in [0.1, 0.15) is 11.8 Å². The number of ether oxygens (including phenoxy) is 3. The largest absolute Gasteiger partial charge is 0.478 e. The molecule has 3 aromatic carbocycles. The number of rotatable bonds is 5. The van der Waals surface area contributed by atoms with E-state index in [4.69, 9.17) is 25.8 Å². The number of β-lactam (4-membered cyclic amide) rings is 1. The normalized spacial score (nSPS) is 19.5. The smallest absolute Gasteiger partial charge is 0.267 e. The summed E-state index contributed by atoms with van der Waals surface area (Å²) < 4.78 is 17.2. The Morgan fingerprint density at radius 3 is 2.60 bits per heavy atom. The van der Waals surface area contributed by atoms with Crippen LogP contribution >= 0.6 is 11.6 Å². The molecule has 0 radical (unpaired) electrons. The van der Waals surface area contributed by atoms with Gasteiger partial charge in [-0.15, -0.1) is 0 Å². The van der Waals surface area contributed by atoms with E-state index in [1.165, 1.54) is 0 Å². The van der Waals surface area contributed by atoms with Crippen molar-refractivity contribution in [2.75, 3.05) is 6.79 Å². The molecule has 0 bridgehead atoms. The average molecular weight is 422 g/mol. The van der Waals surface area contributed by atoms with E-state index >= 15 is 0 Å². The van der Waals surface area contributed by atoms with Crippen molar-refractivity contribution in [3.8, 4) is 17.2 Å². The minimum atomic E-state index is -0.598. The Labute approximate surface area is 179 Å². The molecule has 0 aliphatic carbocycles. The molecule has 2 aliphatic heterocycles. The number of carbonyl (C=O) groups excluding carboxylic acids is 1. The van der Waals surface area contributed by atoms with Gasteiger partial charge in [-0.25, -0.2) is 0 Å². The van der Waals surface area contributed by atoms with E-state index in [1.807, 2.05) is 78.6 Å². The summed E-state index contributed by atoms with van der Waals surface area (Å²) in [6.45, 7) is 2.66. The van der Waals surface area contributed by atoms with Crippen molar-refractivity contribution >= 4 is 17.5 Å². The highest BCUT2D eigenvalue weighted by Crippen LogP contribution is 2.43. The van der Waals surface area contributed by atoms with Crippen LogP contribution in [0.4, 0.5) is 0 Å². The Hall–Kier alpha value is -3.18. The summed E-state index contributed by atoms with van der Waals surface area (Å²) in [4.78, 5) is 14.9. The van der Waals surface area contributed by atoms with Gasteiger partial charge < -0.3 is 19.1 Å². The molecule has 1 amide bonds. The minimum Gasteiger partial charge on any atom is -0.478 e. The number of carbonyl (C=O) groups is 1. The van der Waals surface area contributed by atoms with Gasteiger partial charge in [0, 0.05) is 11.6 Å². The van der Waals surface area contributed by atoms with Crippen molar-refractivity contribution in [1.82, 2.24) is 4.90 Å². The first kappa shape index (κ1) is 18.8. The summed E-state index contributed by atoms with van der Waals surface area (Å²) in [5.74, 6) is 2.07. The second-order valence-corrected chi connectivity index (χ2v) is 7.89. The summed E-state index contributed by atoms with van der Waals surface area (Å²) in [5.41, 5.74) is 2.95. The average Bonchev–Trinajstić information content (AvgIpc) is 3.23. The first-order valence-corrected chi connectivity index (χ1v) is 10.1. The summed E-state index contributed by atoms with van der Waals surface area (Å²) in [6.07, 6.45) is -0.598. The fourth-order valence-corrected chi connectivity index (χ4v) is 4.00. The van der Waals surface area contributed by atoms with Crippen LogP contribution in [0.3, 0.4) is 0 Å². The third-order valence-electron chi connectivity index (χ3n) is 5.50. The second kappa shape index (κ2) is 7.58. The van der Waals surface area contributed by atoms with Crippen molar-refractivity contribution in [2.45, 2.75) is 25.6 Å². The van der Waals surface area contributed by atoms with Crippen molar-refractivity contribution in [1.29, 1.82) is 0 Å². The number of hydrogen-bond acceptors (Lipinski definition) is 4. The van der Waals surface area contributed by atoms with Gasteiger partial charge in [0.2, 0.25) is 12.9 Å². The monoisotopic (exact) mass is 421 g/mol. The van der Waals surface area contributed by atoms with Crippen molar-refractivity contribution in [2.24, 2.45) is 0 Å². The number of likely N-dealkylation sites (tertiary alicyclic amines) is 1. The van der Waals surface area contributed by atoms with Gasteiger partial charge in [0.15, 0.2) is 11.5 Å². The molecule has 2 aliphatic rings. The third-order valence-corrected chi connectivity index (χ3v) is 5.75. The minimum absolute atomic E-state index is 0.0455. The van der Waals surface area contributed by atoms with Crippen LogP contribution in [0.2, 0.25) is 5.02 Å². The molecule has 1 saturated heterocycles. The molecular weight excluding hydrogens is 402 g/mol. The number of halogens is 1. The molecule has 5 nitrogen and oxygen atoms in total. The predicted molar refractivity (Wildman–Crippen MR) is 113 cm³/mol. The summed E-state index contributed by atoms with van der Waals surface area (Å²) in [7, 11) is 0. The van der Waals surface area contributed by atoms with E-state index in [0.717, 1.165) is 16.7 Å². The van der Waals surface area contributed by atoms with Gasteiger partial charge in [-0.2, -0.15) is 0 Å². The van der Waals surface area contributed by atoms with Crippen LogP contribution in [0.5, 0.6) is 17.2 Å². The van der Waals surface area contributed by atoms with Crippen LogP contribution in [-0.4, -0.2) is 23.7 Å². The summed E-state index contributed by atoms with van der Waals surface area (Å²) >= 11 is 6.01. The maximum atomic E-state index is 13.1. The number of fused-ring (bicyclic) bond motifs is 1. The zero-order valence-electron chi connectivity index (χ0n) is 16.4. The zero-order chi connectivity index (χ0) is 20.7. The van der Waals surface area contributed by atoms with E-state index in [0.29, 0.717) is 28.8 Å². The van der Waals surface area contributed by atoms with Crippen LogP contribution in [0.1, 0.15) is 22.7 Å². The molecule has 30 heavy (non-hydrogen) atoms. The van der Waals surface area contributed by atoms with Crippen LogP contribution < -0.4 is 14.2 Å². The van der Waals surface area contributed by atoms with Gasteiger partial charge in [-0.3, -0.25) is 4.79 Å². The van der Waals surface area contributed by atoms with E-state index in [9.17, 15) is 4.79 Å². The molecule has 0 spiro atoms. The Balaban J connectivity index is 1.46. The topological polar surface area (TPSA) is 48.0 Å². The van der Waals surface area contributed by atoms with Gasteiger partial charge >= 0.3 is 0 Å². The first-order valence-electron chi connectivity index (χ1n) is 9.77. The quantitative estimate of drug-likeness (QED) is 0.549. The highest BCUT2D eigenvalue weighted by molar-refractivity contribution is 6.30. The molecule has 1 fully saturated rings. The molecule has 3 aromatic rings. The van der Waals surface area contributed by atoms with E-state index < -0.39 is 6.10 Å². The molecule has 152 valence electrons. The number of nitrogens with zero attached hydrogens (tertiary/aromatic N) is 1. The lowest BCUT2D eigenvalue weighted by molar-refractivity contribution is -0.165. The van der Waals surface area contributed by atoms with Gasteiger partial charge in [-0.1, -0.05) is 48.0 Å².